The molecule has 0 N–H and O–H groups in total. The van der Waals surface area contributed by atoms with Crippen LogP contribution < -0.4 is 0 Å². The smallest absolute Gasteiger partial charge is 0.143 e. The first-order valence-corrected chi connectivity index (χ1v) is 19.8. The average Bonchev–Trinajstić information content (AvgIpc) is 3.93. The van der Waals surface area contributed by atoms with E-state index in [-0.39, 0.29) is 5.41 Å². The minimum atomic E-state index is -0.0756. The van der Waals surface area contributed by atoms with Crippen LogP contribution in [0.4, 0.5) is 0 Å². The van der Waals surface area contributed by atoms with Gasteiger partial charge in [0.2, 0.25) is 0 Å². The fraction of sp³-hybridized carbons (Fsp3) is 0.0545. The summed E-state index contributed by atoms with van der Waals surface area (Å²) < 4.78 is 13.4. The number of furan rings is 2. The van der Waals surface area contributed by atoms with Crippen molar-refractivity contribution >= 4 is 54.5 Å². The normalized spacial score (nSPS) is 13.2. The molecule has 1 aliphatic carbocycles. The number of benzene rings is 9. The molecule has 0 atom stereocenters. The fourth-order valence-corrected chi connectivity index (χ4v) is 9.81. The molecule has 57 heavy (non-hydrogen) atoms. The van der Waals surface area contributed by atoms with E-state index in [4.69, 9.17) is 8.83 Å². The number of hydrogen-bond donors (Lipinski definition) is 0. The van der Waals surface area contributed by atoms with Crippen molar-refractivity contribution in [1.29, 1.82) is 0 Å². The van der Waals surface area contributed by atoms with Crippen molar-refractivity contribution in [2.75, 3.05) is 0 Å². The third kappa shape index (κ3) is 4.65. The van der Waals surface area contributed by atoms with E-state index in [0.717, 1.165) is 55.4 Å². The van der Waals surface area contributed by atoms with Crippen LogP contribution in [0.25, 0.3) is 110 Å². The molecule has 0 saturated carbocycles. The van der Waals surface area contributed by atoms with Gasteiger partial charge in [0, 0.05) is 32.7 Å². The van der Waals surface area contributed by atoms with Gasteiger partial charge in [0.1, 0.15) is 22.5 Å². The summed E-state index contributed by atoms with van der Waals surface area (Å²) in [4.78, 5) is 0. The molecule has 0 amide bonds. The lowest BCUT2D eigenvalue weighted by molar-refractivity contribution is 0.630. The Morgan fingerprint density at radius 2 is 0.965 bits per heavy atom. The van der Waals surface area contributed by atoms with Crippen LogP contribution in [-0.4, -0.2) is 0 Å². The molecule has 2 nitrogen and oxygen atoms in total. The number of para-hydroxylation sites is 1. The summed E-state index contributed by atoms with van der Waals surface area (Å²) >= 11 is 0. The number of fused-ring (bicyclic) bond motifs is 9. The fourth-order valence-electron chi connectivity index (χ4n) is 9.81. The summed E-state index contributed by atoms with van der Waals surface area (Å²) in [6.07, 6.45) is 0. The lowest BCUT2D eigenvalue weighted by Gasteiger charge is -2.21. The largest absolute Gasteiger partial charge is 0.456 e. The van der Waals surface area contributed by atoms with Crippen molar-refractivity contribution in [3.63, 3.8) is 0 Å². The van der Waals surface area contributed by atoms with E-state index in [0.29, 0.717) is 0 Å². The van der Waals surface area contributed by atoms with Gasteiger partial charge in [-0.25, -0.2) is 0 Å². The molecule has 2 aromatic heterocycles. The van der Waals surface area contributed by atoms with Gasteiger partial charge in [0.25, 0.3) is 0 Å². The van der Waals surface area contributed by atoms with Crippen LogP contribution in [0, 0.1) is 0 Å². The van der Waals surface area contributed by atoms with E-state index in [2.05, 4.69) is 196 Å². The molecule has 12 rings (SSSR count). The van der Waals surface area contributed by atoms with Crippen LogP contribution >= 0.6 is 0 Å². The molecule has 0 unspecified atom stereocenters. The Kier molecular flexibility index (Phi) is 6.72. The molecular formula is C55H36O2. The highest BCUT2D eigenvalue weighted by molar-refractivity contribution is 6.26. The second-order valence-electron chi connectivity index (χ2n) is 16.0. The minimum absolute atomic E-state index is 0.0756. The first kappa shape index (κ1) is 32.1. The topological polar surface area (TPSA) is 26.3 Å². The first-order chi connectivity index (χ1) is 28.0. The molecule has 2 heterocycles. The van der Waals surface area contributed by atoms with Crippen LogP contribution in [0.2, 0.25) is 0 Å². The molecule has 1 aliphatic rings. The molecule has 0 radical (unpaired) electrons. The highest BCUT2D eigenvalue weighted by Gasteiger charge is 2.35. The van der Waals surface area contributed by atoms with Gasteiger partial charge in [-0.1, -0.05) is 159 Å². The second kappa shape index (κ2) is 11.9. The van der Waals surface area contributed by atoms with Crippen LogP contribution in [0.3, 0.4) is 0 Å². The predicted molar refractivity (Wildman–Crippen MR) is 238 cm³/mol. The SMILES string of the molecule is CC1(C)c2ccccc2-c2ccc(-c3cc4cc(-c5ccc(-c6c7ccccc7c(-c7ccccc7)c7ccccc67)c6c5oc5ccccc56)ccc4o3)cc21. The van der Waals surface area contributed by atoms with Gasteiger partial charge in [-0.15, -0.1) is 0 Å². The van der Waals surface area contributed by atoms with Crippen molar-refractivity contribution in [3.8, 4) is 55.8 Å². The highest BCUT2D eigenvalue weighted by atomic mass is 16.3. The van der Waals surface area contributed by atoms with E-state index in [1.807, 2.05) is 0 Å². The first-order valence-electron chi connectivity index (χ1n) is 19.8. The quantitative estimate of drug-likeness (QED) is 0.169. The Balaban J connectivity index is 1.04. The zero-order chi connectivity index (χ0) is 37.8. The predicted octanol–water partition coefficient (Wildman–Crippen LogP) is 15.6. The van der Waals surface area contributed by atoms with Crippen molar-refractivity contribution < 1.29 is 8.83 Å². The Labute approximate surface area is 330 Å². The summed E-state index contributed by atoms with van der Waals surface area (Å²) in [5.74, 6) is 0.874. The van der Waals surface area contributed by atoms with Gasteiger partial charge in [0.15, 0.2) is 0 Å². The summed E-state index contributed by atoms with van der Waals surface area (Å²) in [6, 6.07) is 65.7. The maximum atomic E-state index is 6.87. The second-order valence-corrected chi connectivity index (χ2v) is 16.0. The Hall–Kier alpha value is -7.16. The molecule has 9 aromatic carbocycles. The van der Waals surface area contributed by atoms with E-state index in [9.17, 15) is 0 Å². The zero-order valence-corrected chi connectivity index (χ0v) is 31.6. The van der Waals surface area contributed by atoms with E-state index >= 15 is 0 Å². The molecule has 0 bridgehead atoms. The molecule has 0 saturated heterocycles. The maximum Gasteiger partial charge on any atom is 0.143 e. The van der Waals surface area contributed by atoms with E-state index in [1.54, 1.807) is 0 Å². The van der Waals surface area contributed by atoms with Crippen LogP contribution in [0.1, 0.15) is 25.0 Å². The Morgan fingerprint density at radius 3 is 1.74 bits per heavy atom. The molecular weight excluding hydrogens is 693 g/mol. The van der Waals surface area contributed by atoms with Crippen molar-refractivity contribution in [2.24, 2.45) is 0 Å². The van der Waals surface area contributed by atoms with Gasteiger partial charge >= 0.3 is 0 Å². The van der Waals surface area contributed by atoms with Crippen molar-refractivity contribution in [2.45, 2.75) is 19.3 Å². The molecule has 0 aliphatic heterocycles. The summed E-state index contributed by atoms with van der Waals surface area (Å²) in [7, 11) is 0. The van der Waals surface area contributed by atoms with Crippen LogP contribution in [0.15, 0.2) is 191 Å². The summed E-state index contributed by atoms with van der Waals surface area (Å²) in [5.41, 5.74) is 16.0. The summed E-state index contributed by atoms with van der Waals surface area (Å²) in [5, 5.41) is 8.22. The van der Waals surface area contributed by atoms with Crippen LogP contribution in [0.5, 0.6) is 0 Å². The molecule has 11 aromatic rings. The molecule has 2 heteroatoms. The molecule has 268 valence electrons. The lowest BCUT2D eigenvalue weighted by Crippen LogP contribution is -2.14. The van der Waals surface area contributed by atoms with Crippen molar-refractivity contribution in [3.05, 3.63) is 193 Å². The standard InChI is InChI=1S/C55H36O2/c1-55(2)46-22-12-10-16-38(46)39-26-24-35(31-47(39)55)50-32-36-30-34(25-29-48(36)56-50)37-27-28-45(53-44-21-11-13-23-49(44)57-54(37)53)52-42-19-8-6-17-40(42)51(33-14-4-3-5-15-33)41-18-7-9-20-43(41)52/h3-32H,1-2H3. The molecule has 0 fully saturated rings. The van der Waals surface area contributed by atoms with E-state index < -0.39 is 0 Å². The zero-order valence-electron chi connectivity index (χ0n) is 31.6. The third-order valence-electron chi connectivity index (χ3n) is 12.5. The minimum Gasteiger partial charge on any atom is -0.456 e. The Bertz CT molecular complexity index is 3370. The third-order valence-corrected chi connectivity index (χ3v) is 12.5. The van der Waals surface area contributed by atoms with Gasteiger partial charge in [-0.3, -0.25) is 0 Å². The maximum absolute atomic E-state index is 6.87. The number of hydrogen-bond acceptors (Lipinski definition) is 2. The number of rotatable bonds is 4. The Morgan fingerprint density at radius 1 is 0.368 bits per heavy atom. The van der Waals surface area contributed by atoms with Crippen molar-refractivity contribution in [1.82, 2.24) is 0 Å². The van der Waals surface area contributed by atoms with Gasteiger partial charge in [-0.05, 0) is 108 Å². The van der Waals surface area contributed by atoms with E-state index in [1.165, 1.54) is 66.1 Å². The average molecular weight is 729 g/mol. The van der Waals surface area contributed by atoms with Gasteiger partial charge in [-0.2, -0.15) is 0 Å². The monoisotopic (exact) mass is 728 g/mol. The summed E-state index contributed by atoms with van der Waals surface area (Å²) in [6.45, 7) is 4.64. The highest BCUT2D eigenvalue weighted by Crippen LogP contribution is 2.51. The lowest BCUT2D eigenvalue weighted by atomic mass is 9.82. The molecule has 0 spiro atoms. The van der Waals surface area contributed by atoms with Gasteiger partial charge < -0.3 is 8.83 Å². The van der Waals surface area contributed by atoms with Gasteiger partial charge in [0.05, 0.1) is 0 Å². The van der Waals surface area contributed by atoms with Crippen LogP contribution in [-0.2, 0) is 5.41 Å².